The minimum Gasteiger partial charge on any atom is -0.297 e. The van der Waals surface area contributed by atoms with Crippen molar-refractivity contribution in [2.24, 2.45) is 0 Å². The number of aromatic nitrogens is 2. The highest BCUT2D eigenvalue weighted by atomic mass is 19.4. The number of nitrogens with zero attached hydrogens (tertiary/aromatic N) is 2. The third-order valence-electron chi connectivity index (χ3n) is 2.64. The summed E-state index contributed by atoms with van der Waals surface area (Å²) in [6, 6.07) is 10.0. The number of halogens is 3. The van der Waals surface area contributed by atoms with E-state index in [4.69, 9.17) is 0 Å². The van der Waals surface area contributed by atoms with Gasteiger partial charge in [0.25, 0.3) is 0 Å². The Kier molecular flexibility index (Phi) is 1.92. The van der Waals surface area contributed by atoms with Gasteiger partial charge in [0.15, 0.2) is 0 Å². The Bertz CT molecular complexity index is 698. The SMILES string of the molecule is FC(F)(F)c1nc2ccccc2c2cccn12. The van der Waals surface area contributed by atoms with Crippen molar-refractivity contribution in [2.45, 2.75) is 6.18 Å². The zero-order valence-electron chi connectivity index (χ0n) is 8.57. The Morgan fingerprint density at radius 2 is 1.76 bits per heavy atom. The molecule has 2 heterocycles. The van der Waals surface area contributed by atoms with Crippen molar-refractivity contribution in [1.82, 2.24) is 9.38 Å². The normalized spacial score (nSPS) is 12.4. The predicted octanol–water partition coefficient (Wildman–Crippen LogP) is 3.51. The molecule has 2 nitrogen and oxygen atoms in total. The molecule has 0 fully saturated rings. The van der Waals surface area contributed by atoms with Gasteiger partial charge in [-0.05, 0) is 18.2 Å². The molecule has 0 aliphatic carbocycles. The smallest absolute Gasteiger partial charge is 0.297 e. The van der Waals surface area contributed by atoms with E-state index in [1.165, 1.54) is 6.20 Å². The van der Waals surface area contributed by atoms with Gasteiger partial charge < -0.3 is 0 Å². The van der Waals surface area contributed by atoms with Crippen LogP contribution in [0.1, 0.15) is 5.82 Å². The molecule has 0 aliphatic heterocycles. The predicted molar refractivity (Wildman–Crippen MR) is 57.7 cm³/mol. The summed E-state index contributed by atoms with van der Waals surface area (Å²) in [5.74, 6) is -0.892. The highest BCUT2D eigenvalue weighted by Crippen LogP contribution is 2.31. The summed E-state index contributed by atoms with van der Waals surface area (Å²) in [7, 11) is 0. The second-order valence-electron chi connectivity index (χ2n) is 3.71. The molecular formula is C12H7F3N2. The van der Waals surface area contributed by atoms with Crippen LogP contribution in [0.2, 0.25) is 0 Å². The maximum atomic E-state index is 12.8. The molecule has 0 saturated carbocycles. The first kappa shape index (κ1) is 10.1. The van der Waals surface area contributed by atoms with Gasteiger partial charge in [-0.25, -0.2) is 4.98 Å². The van der Waals surface area contributed by atoms with Crippen molar-refractivity contribution >= 4 is 16.4 Å². The van der Waals surface area contributed by atoms with Crippen LogP contribution in [-0.4, -0.2) is 9.38 Å². The quantitative estimate of drug-likeness (QED) is 0.583. The first-order valence-corrected chi connectivity index (χ1v) is 5.00. The van der Waals surface area contributed by atoms with Gasteiger partial charge >= 0.3 is 6.18 Å². The molecule has 0 aliphatic rings. The molecule has 0 bridgehead atoms. The summed E-state index contributed by atoms with van der Waals surface area (Å²) in [6.07, 6.45) is -3.08. The molecule has 0 unspecified atom stereocenters. The lowest BCUT2D eigenvalue weighted by atomic mass is 10.2. The number of alkyl halides is 3. The van der Waals surface area contributed by atoms with Crippen LogP contribution in [0.4, 0.5) is 13.2 Å². The molecule has 86 valence electrons. The zero-order chi connectivity index (χ0) is 12.0. The van der Waals surface area contributed by atoms with Crippen molar-refractivity contribution in [3.63, 3.8) is 0 Å². The summed E-state index contributed by atoms with van der Waals surface area (Å²) >= 11 is 0. The summed E-state index contributed by atoms with van der Waals surface area (Å²) < 4.78 is 39.6. The Morgan fingerprint density at radius 1 is 1.00 bits per heavy atom. The van der Waals surface area contributed by atoms with Crippen LogP contribution in [-0.2, 0) is 6.18 Å². The molecule has 0 spiro atoms. The fourth-order valence-corrected chi connectivity index (χ4v) is 1.94. The summed E-state index contributed by atoms with van der Waals surface area (Å²) in [5, 5.41) is 0.713. The van der Waals surface area contributed by atoms with Gasteiger partial charge in [0.05, 0.1) is 11.0 Å². The highest BCUT2D eigenvalue weighted by molar-refractivity contribution is 5.93. The van der Waals surface area contributed by atoms with Crippen LogP contribution in [0, 0.1) is 0 Å². The standard InChI is InChI=1S/C12H7F3N2/c13-12(14,15)11-16-9-5-2-1-4-8(9)10-6-3-7-17(10)11/h1-7H. The van der Waals surface area contributed by atoms with E-state index in [1.54, 1.807) is 36.4 Å². The van der Waals surface area contributed by atoms with Crippen LogP contribution in [0.15, 0.2) is 42.6 Å². The number of rotatable bonds is 0. The number of benzene rings is 1. The zero-order valence-corrected chi connectivity index (χ0v) is 8.57. The van der Waals surface area contributed by atoms with Crippen LogP contribution < -0.4 is 0 Å². The number of hydrogen-bond acceptors (Lipinski definition) is 1. The van der Waals surface area contributed by atoms with Crippen molar-refractivity contribution in [2.75, 3.05) is 0 Å². The van der Waals surface area contributed by atoms with Crippen molar-refractivity contribution in [1.29, 1.82) is 0 Å². The van der Waals surface area contributed by atoms with Gasteiger partial charge in [-0.3, -0.25) is 4.40 Å². The van der Waals surface area contributed by atoms with E-state index in [0.717, 1.165) is 4.40 Å². The molecule has 0 saturated heterocycles. The molecule has 3 aromatic rings. The number of fused-ring (bicyclic) bond motifs is 3. The van der Waals surface area contributed by atoms with E-state index >= 15 is 0 Å². The molecule has 0 N–H and O–H groups in total. The summed E-state index contributed by atoms with van der Waals surface area (Å²) in [6.45, 7) is 0. The lowest BCUT2D eigenvalue weighted by molar-refractivity contribution is -0.145. The van der Waals surface area contributed by atoms with E-state index < -0.39 is 12.0 Å². The van der Waals surface area contributed by atoms with Crippen LogP contribution >= 0.6 is 0 Å². The summed E-state index contributed by atoms with van der Waals surface area (Å²) in [4.78, 5) is 3.68. The van der Waals surface area contributed by atoms with E-state index in [-0.39, 0.29) is 0 Å². The molecule has 2 aromatic heterocycles. The highest BCUT2D eigenvalue weighted by Gasteiger charge is 2.35. The fourth-order valence-electron chi connectivity index (χ4n) is 1.94. The molecule has 5 heteroatoms. The molecule has 0 radical (unpaired) electrons. The number of para-hydroxylation sites is 1. The van der Waals surface area contributed by atoms with Gasteiger partial charge in [0.1, 0.15) is 0 Å². The minimum absolute atomic E-state index is 0.353. The van der Waals surface area contributed by atoms with Crippen molar-refractivity contribution in [3.8, 4) is 0 Å². The maximum Gasteiger partial charge on any atom is 0.450 e. The lowest BCUT2D eigenvalue weighted by Gasteiger charge is -2.10. The van der Waals surface area contributed by atoms with Gasteiger partial charge in [-0.15, -0.1) is 0 Å². The third kappa shape index (κ3) is 1.46. The minimum atomic E-state index is -4.46. The average molecular weight is 236 g/mol. The van der Waals surface area contributed by atoms with Gasteiger partial charge in [0.2, 0.25) is 5.82 Å². The van der Waals surface area contributed by atoms with Crippen molar-refractivity contribution in [3.05, 3.63) is 48.4 Å². The largest absolute Gasteiger partial charge is 0.450 e. The Balaban J connectivity index is 2.53. The maximum absolute atomic E-state index is 12.8. The monoisotopic (exact) mass is 236 g/mol. The Labute approximate surface area is 94.3 Å². The van der Waals surface area contributed by atoms with Crippen LogP contribution in [0.3, 0.4) is 0 Å². The van der Waals surface area contributed by atoms with Gasteiger partial charge in [-0.2, -0.15) is 13.2 Å². The molecular weight excluding hydrogens is 229 g/mol. The van der Waals surface area contributed by atoms with E-state index in [0.29, 0.717) is 16.4 Å². The molecule has 1 aromatic carbocycles. The molecule has 3 rings (SSSR count). The molecule has 0 atom stereocenters. The lowest BCUT2D eigenvalue weighted by Crippen LogP contribution is -2.14. The summed E-state index contributed by atoms with van der Waals surface area (Å²) in [5.41, 5.74) is 0.869. The van der Waals surface area contributed by atoms with Crippen LogP contribution in [0.5, 0.6) is 0 Å². The number of hydrogen-bond donors (Lipinski definition) is 0. The molecule has 17 heavy (non-hydrogen) atoms. The Hall–Kier alpha value is -2.04. The third-order valence-corrected chi connectivity index (χ3v) is 2.64. The molecule has 0 amide bonds. The van der Waals surface area contributed by atoms with Crippen LogP contribution in [0.25, 0.3) is 16.4 Å². The first-order valence-electron chi connectivity index (χ1n) is 5.00. The van der Waals surface area contributed by atoms with Gasteiger partial charge in [0, 0.05) is 11.6 Å². The van der Waals surface area contributed by atoms with E-state index in [1.807, 2.05) is 0 Å². The fraction of sp³-hybridized carbons (Fsp3) is 0.0833. The van der Waals surface area contributed by atoms with Crippen molar-refractivity contribution < 1.29 is 13.2 Å². The second kappa shape index (κ2) is 3.23. The second-order valence-corrected chi connectivity index (χ2v) is 3.71. The topological polar surface area (TPSA) is 17.3 Å². The first-order chi connectivity index (χ1) is 8.07. The van der Waals surface area contributed by atoms with E-state index in [9.17, 15) is 13.2 Å². The average Bonchev–Trinajstić information content (AvgIpc) is 2.75. The van der Waals surface area contributed by atoms with E-state index in [2.05, 4.69) is 4.98 Å². The van der Waals surface area contributed by atoms with Gasteiger partial charge in [-0.1, -0.05) is 18.2 Å². The Morgan fingerprint density at radius 3 is 2.53 bits per heavy atom.